The van der Waals surface area contributed by atoms with Crippen LogP contribution in [0.25, 0.3) is 0 Å². The molecule has 1 aliphatic rings. The highest BCUT2D eigenvalue weighted by Crippen LogP contribution is 2.26. The van der Waals surface area contributed by atoms with Gasteiger partial charge < -0.3 is 10.1 Å². The van der Waals surface area contributed by atoms with Crippen LogP contribution in [0.1, 0.15) is 23.4 Å². The third kappa shape index (κ3) is 3.42. The minimum Gasteiger partial charge on any atom is -0.493 e. The molecule has 1 aliphatic heterocycles. The molecule has 0 spiro atoms. The molecule has 0 unspecified atom stereocenters. The van der Waals surface area contributed by atoms with E-state index in [1.54, 1.807) is 12.4 Å². The van der Waals surface area contributed by atoms with E-state index in [2.05, 4.69) is 15.3 Å². The van der Waals surface area contributed by atoms with Crippen LogP contribution in [0.2, 0.25) is 0 Å². The second-order valence-electron chi connectivity index (χ2n) is 5.51. The molecule has 0 fully saturated rings. The van der Waals surface area contributed by atoms with Crippen molar-refractivity contribution in [2.24, 2.45) is 5.92 Å². The molecule has 1 aromatic carbocycles. The maximum Gasteiger partial charge on any atom is 0.223 e. The van der Waals surface area contributed by atoms with Gasteiger partial charge in [-0.05, 0) is 31.4 Å². The van der Waals surface area contributed by atoms with Gasteiger partial charge in [0.2, 0.25) is 5.91 Å². The van der Waals surface area contributed by atoms with Crippen molar-refractivity contribution in [1.82, 2.24) is 15.3 Å². The molecule has 0 bridgehead atoms. The van der Waals surface area contributed by atoms with Crippen LogP contribution in [0.3, 0.4) is 0 Å². The zero-order chi connectivity index (χ0) is 15.4. The summed E-state index contributed by atoms with van der Waals surface area (Å²) in [6.45, 7) is 2.86. The predicted octanol–water partition coefficient (Wildman–Crippen LogP) is 2.04. The first-order chi connectivity index (χ1) is 10.7. The summed E-state index contributed by atoms with van der Waals surface area (Å²) in [5.74, 6) is 0.868. The van der Waals surface area contributed by atoms with Crippen LogP contribution >= 0.6 is 0 Å². The molecule has 1 amide bonds. The topological polar surface area (TPSA) is 64.1 Å². The lowest BCUT2D eigenvalue weighted by atomic mass is 9.96. The first kappa shape index (κ1) is 14.5. The summed E-state index contributed by atoms with van der Waals surface area (Å²) in [5, 5.41) is 2.95. The van der Waals surface area contributed by atoms with Gasteiger partial charge in [0.05, 0.1) is 30.7 Å². The van der Waals surface area contributed by atoms with Crippen molar-refractivity contribution in [3.63, 3.8) is 0 Å². The maximum absolute atomic E-state index is 12.4. The smallest absolute Gasteiger partial charge is 0.223 e. The van der Waals surface area contributed by atoms with E-state index in [0.29, 0.717) is 19.6 Å². The largest absolute Gasteiger partial charge is 0.493 e. The molecular weight excluding hydrogens is 278 g/mol. The van der Waals surface area contributed by atoms with Gasteiger partial charge >= 0.3 is 0 Å². The molecule has 5 nitrogen and oxygen atoms in total. The number of hydrogen-bond donors (Lipinski definition) is 1. The van der Waals surface area contributed by atoms with Crippen LogP contribution in [0.15, 0.2) is 36.7 Å². The number of nitrogens with zero attached hydrogens (tertiary/aromatic N) is 2. The SMILES string of the molecule is Cc1cnc(CNC(=O)[C@H]2CCOc3ccccc3C2)cn1. The Labute approximate surface area is 129 Å². The molecule has 5 heteroatoms. The van der Waals surface area contributed by atoms with E-state index in [-0.39, 0.29) is 11.8 Å². The summed E-state index contributed by atoms with van der Waals surface area (Å²) in [7, 11) is 0. The molecule has 2 heterocycles. The lowest BCUT2D eigenvalue weighted by Crippen LogP contribution is -2.32. The lowest BCUT2D eigenvalue weighted by molar-refractivity contribution is -0.125. The van der Waals surface area contributed by atoms with Crippen molar-refractivity contribution < 1.29 is 9.53 Å². The van der Waals surface area contributed by atoms with E-state index >= 15 is 0 Å². The van der Waals surface area contributed by atoms with Crippen LogP contribution in [-0.4, -0.2) is 22.5 Å². The number of benzene rings is 1. The Balaban J connectivity index is 1.61. The maximum atomic E-state index is 12.4. The minimum atomic E-state index is -0.0675. The first-order valence-electron chi connectivity index (χ1n) is 7.48. The average molecular weight is 297 g/mol. The fourth-order valence-corrected chi connectivity index (χ4v) is 2.55. The molecule has 0 saturated carbocycles. The number of para-hydroxylation sites is 1. The van der Waals surface area contributed by atoms with Crippen molar-refractivity contribution in [2.45, 2.75) is 26.3 Å². The number of nitrogens with one attached hydrogen (secondary N) is 1. The predicted molar refractivity (Wildman–Crippen MR) is 82.4 cm³/mol. The molecule has 0 aliphatic carbocycles. The standard InChI is InChI=1S/C17H19N3O2/c1-12-9-19-15(10-18-12)11-20-17(21)14-6-7-22-16-5-3-2-4-13(16)8-14/h2-5,9-10,14H,6-8,11H2,1H3,(H,20,21)/t14-/m0/s1. The number of hydrogen-bond acceptors (Lipinski definition) is 4. The van der Waals surface area contributed by atoms with E-state index in [4.69, 9.17) is 4.74 Å². The van der Waals surface area contributed by atoms with Gasteiger partial charge in [0.15, 0.2) is 0 Å². The molecule has 22 heavy (non-hydrogen) atoms. The first-order valence-corrected chi connectivity index (χ1v) is 7.48. The van der Waals surface area contributed by atoms with E-state index in [1.165, 1.54) is 0 Å². The molecular formula is C17H19N3O2. The highest BCUT2D eigenvalue weighted by molar-refractivity contribution is 5.79. The lowest BCUT2D eigenvalue weighted by Gasteiger charge is -2.13. The van der Waals surface area contributed by atoms with Gasteiger partial charge in [-0.2, -0.15) is 0 Å². The monoisotopic (exact) mass is 297 g/mol. The van der Waals surface area contributed by atoms with E-state index in [9.17, 15) is 4.79 Å². The van der Waals surface area contributed by atoms with Crippen molar-refractivity contribution in [1.29, 1.82) is 0 Å². The number of carbonyl (C=O) groups is 1. The van der Waals surface area contributed by atoms with Crippen molar-refractivity contribution in [2.75, 3.05) is 6.61 Å². The number of rotatable bonds is 3. The molecule has 1 aromatic heterocycles. The summed E-state index contributed by atoms with van der Waals surface area (Å²) in [4.78, 5) is 20.8. The van der Waals surface area contributed by atoms with Crippen LogP contribution < -0.4 is 10.1 Å². The second-order valence-corrected chi connectivity index (χ2v) is 5.51. The Kier molecular flexibility index (Phi) is 4.32. The number of aromatic nitrogens is 2. The highest BCUT2D eigenvalue weighted by Gasteiger charge is 2.23. The Bertz CT molecular complexity index is 655. The van der Waals surface area contributed by atoms with Gasteiger partial charge in [-0.3, -0.25) is 14.8 Å². The summed E-state index contributed by atoms with van der Waals surface area (Å²) in [6.07, 6.45) is 4.83. The number of amides is 1. The Morgan fingerprint density at radius 3 is 3.00 bits per heavy atom. The molecule has 1 atom stereocenters. The summed E-state index contributed by atoms with van der Waals surface area (Å²) in [6, 6.07) is 7.91. The fourth-order valence-electron chi connectivity index (χ4n) is 2.55. The Hall–Kier alpha value is -2.43. The van der Waals surface area contributed by atoms with Gasteiger partial charge in [0, 0.05) is 12.1 Å². The van der Waals surface area contributed by atoms with E-state index < -0.39 is 0 Å². The van der Waals surface area contributed by atoms with Crippen LogP contribution in [0, 0.1) is 12.8 Å². The quantitative estimate of drug-likeness (QED) is 0.941. The van der Waals surface area contributed by atoms with Crippen molar-refractivity contribution in [3.05, 3.63) is 53.6 Å². The number of aryl methyl sites for hydroxylation is 1. The fraction of sp³-hybridized carbons (Fsp3) is 0.353. The third-order valence-corrected chi connectivity index (χ3v) is 3.81. The molecule has 3 rings (SSSR count). The van der Waals surface area contributed by atoms with Gasteiger partial charge in [-0.25, -0.2) is 0 Å². The van der Waals surface area contributed by atoms with Gasteiger partial charge in [0.25, 0.3) is 0 Å². The van der Waals surface area contributed by atoms with E-state index in [0.717, 1.165) is 29.1 Å². The summed E-state index contributed by atoms with van der Waals surface area (Å²) in [5.41, 5.74) is 2.73. The molecule has 0 radical (unpaired) electrons. The number of ether oxygens (including phenoxy) is 1. The normalized spacial score (nSPS) is 17.0. The van der Waals surface area contributed by atoms with Crippen LogP contribution in [0.5, 0.6) is 5.75 Å². The zero-order valence-electron chi connectivity index (χ0n) is 12.6. The van der Waals surface area contributed by atoms with Crippen molar-refractivity contribution in [3.8, 4) is 5.75 Å². The molecule has 1 N–H and O–H groups in total. The molecule has 2 aromatic rings. The average Bonchev–Trinajstić information content (AvgIpc) is 2.76. The van der Waals surface area contributed by atoms with Gasteiger partial charge in [-0.15, -0.1) is 0 Å². The zero-order valence-corrected chi connectivity index (χ0v) is 12.6. The summed E-state index contributed by atoms with van der Waals surface area (Å²) < 4.78 is 5.70. The number of fused-ring (bicyclic) bond motifs is 1. The molecule has 0 saturated heterocycles. The number of carbonyl (C=O) groups excluding carboxylic acids is 1. The minimum absolute atomic E-state index is 0.0441. The Morgan fingerprint density at radius 2 is 2.18 bits per heavy atom. The summed E-state index contributed by atoms with van der Waals surface area (Å²) >= 11 is 0. The molecule has 114 valence electrons. The second kappa shape index (κ2) is 6.56. The highest BCUT2D eigenvalue weighted by atomic mass is 16.5. The van der Waals surface area contributed by atoms with E-state index in [1.807, 2.05) is 31.2 Å². The van der Waals surface area contributed by atoms with Crippen LogP contribution in [0.4, 0.5) is 0 Å². The van der Waals surface area contributed by atoms with Crippen LogP contribution in [-0.2, 0) is 17.8 Å². The van der Waals surface area contributed by atoms with Gasteiger partial charge in [0.1, 0.15) is 5.75 Å². The third-order valence-electron chi connectivity index (χ3n) is 3.81. The van der Waals surface area contributed by atoms with Gasteiger partial charge in [-0.1, -0.05) is 18.2 Å². The van der Waals surface area contributed by atoms with Crippen molar-refractivity contribution >= 4 is 5.91 Å². The Morgan fingerprint density at radius 1 is 1.32 bits per heavy atom.